The van der Waals surface area contributed by atoms with Crippen molar-refractivity contribution < 1.29 is 4.92 Å². The van der Waals surface area contributed by atoms with Crippen LogP contribution in [-0.4, -0.2) is 11.5 Å². The number of rotatable bonds is 4. The largest absolute Gasteiger partial charge is 0.330 e. The normalized spacial score (nSPS) is 10.4. The SMILES string of the molecule is Cc1ccc([N+](=O)[O-])c(-c2ccc(CCN)cc2)c1. The van der Waals surface area contributed by atoms with E-state index < -0.39 is 0 Å². The molecule has 0 fully saturated rings. The molecule has 2 rings (SSSR count). The molecule has 0 aliphatic heterocycles. The van der Waals surface area contributed by atoms with E-state index in [0.29, 0.717) is 12.1 Å². The van der Waals surface area contributed by atoms with Crippen molar-refractivity contribution in [1.29, 1.82) is 0 Å². The van der Waals surface area contributed by atoms with Gasteiger partial charge in [-0.1, -0.05) is 35.9 Å². The quantitative estimate of drug-likeness (QED) is 0.675. The summed E-state index contributed by atoms with van der Waals surface area (Å²) < 4.78 is 0. The monoisotopic (exact) mass is 256 g/mol. The van der Waals surface area contributed by atoms with Crippen LogP contribution in [0.1, 0.15) is 11.1 Å². The van der Waals surface area contributed by atoms with Crippen LogP contribution in [0.4, 0.5) is 5.69 Å². The van der Waals surface area contributed by atoms with Gasteiger partial charge in [0.2, 0.25) is 0 Å². The van der Waals surface area contributed by atoms with Gasteiger partial charge in [0.1, 0.15) is 0 Å². The zero-order chi connectivity index (χ0) is 13.8. The Bertz CT molecular complexity index is 592. The molecule has 0 heterocycles. The number of hydrogen-bond donors (Lipinski definition) is 1. The van der Waals surface area contributed by atoms with Gasteiger partial charge >= 0.3 is 0 Å². The van der Waals surface area contributed by atoms with Crippen molar-refractivity contribution in [2.24, 2.45) is 5.73 Å². The maximum absolute atomic E-state index is 11.1. The molecule has 0 unspecified atom stereocenters. The third-order valence-corrected chi connectivity index (χ3v) is 3.05. The lowest BCUT2D eigenvalue weighted by molar-refractivity contribution is -0.384. The molecule has 2 N–H and O–H groups in total. The zero-order valence-corrected chi connectivity index (χ0v) is 10.8. The average molecular weight is 256 g/mol. The van der Waals surface area contributed by atoms with Crippen LogP contribution in [0, 0.1) is 17.0 Å². The summed E-state index contributed by atoms with van der Waals surface area (Å²) in [6, 6.07) is 12.9. The van der Waals surface area contributed by atoms with Crippen LogP contribution in [0.25, 0.3) is 11.1 Å². The van der Waals surface area contributed by atoms with Gasteiger partial charge in [-0.3, -0.25) is 10.1 Å². The van der Waals surface area contributed by atoms with Crippen LogP contribution >= 0.6 is 0 Å². The predicted molar refractivity (Wildman–Crippen MR) is 76.0 cm³/mol. The molecular formula is C15H16N2O2. The van der Waals surface area contributed by atoms with Crippen LogP contribution in [0.3, 0.4) is 0 Å². The number of nitro benzene ring substituents is 1. The molecule has 0 aromatic heterocycles. The van der Waals surface area contributed by atoms with Gasteiger partial charge in [0.25, 0.3) is 5.69 Å². The van der Waals surface area contributed by atoms with Gasteiger partial charge in [0.05, 0.1) is 10.5 Å². The highest BCUT2D eigenvalue weighted by Crippen LogP contribution is 2.30. The molecule has 0 amide bonds. The van der Waals surface area contributed by atoms with E-state index in [-0.39, 0.29) is 10.6 Å². The molecule has 0 atom stereocenters. The van der Waals surface area contributed by atoms with Crippen molar-refractivity contribution in [2.75, 3.05) is 6.54 Å². The second-order valence-corrected chi connectivity index (χ2v) is 4.51. The Morgan fingerprint density at radius 1 is 1.16 bits per heavy atom. The van der Waals surface area contributed by atoms with Crippen LogP contribution in [0.2, 0.25) is 0 Å². The average Bonchev–Trinajstić information content (AvgIpc) is 2.39. The first-order valence-electron chi connectivity index (χ1n) is 6.16. The maximum atomic E-state index is 11.1. The Balaban J connectivity index is 2.45. The number of benzene rings is 2. The van der Waals surface area contributed by atoms with Crippen LogP contribution in [-0.2, 0) is 6.42 Å². The highest BCUT2D eigenvalue weighted by Gasteiger charge is 2.14. The second kappa shape index (κ2) is 5.63. The second-order valence-electron chi connectivity index (χ2n) is 4.51. The summed E-state index contributed by atoms with van der Waals surface area (Å²) in [5, 5.41) is 11.1. The summed E-state index contributed by atoms with van der Waals surface area (Å²) in [7, 11) is 0. The molecule has 0 aliphatic carbocycles. The van der Waals surface area contributed by atoms with Crippen LogP contribution in [0.15, 0.2) is 42.5 Å². The number of hydrogen-bond acceptors (Lipinski definition) is 3. The van der Waals surface area contributed by atoms with Gasteiger partial charge in [-0.05, 0) is 37.1 Å². The fraction of sp³-hybridized carbons (Fsp3) is 0.200. The summed E-state index contributed by atoms with van der Waals surface area (Å²) in [6.07, 6.45) is 0.816. The number of nitrogens with two attached hydrogens (primary N) is 1. The Morgan fingerprint density at radius 3 is 2.42 bits per heavy atom. The highest BCUT2D eigenvalue weighted by atomic mass is 16.6. The molecule has 2 aromatic rings. The lowest BCUT2D eigenvalue weighted by atomic mass is 9.99. The van der Waals surface area contributed by atoms with Crippen molar-refractivity contribution >= 4 is 5.69 Å². The molecule has 0 saturated carbocycles. The molecule has 0 radical (unpaired) electrons. The molecule has 0 aliphatic rings. The summed E-state index contributed by atoms with van der Waals surface area (Å²) >= 11 is 0. The van der Waals surface area contributed by atoms with E-state index in [1.54, 1.807) is 12.1 Å². The van der Waals surface area contributed by atoms with E-state index in [9.17, 15) is 10.1 Å². The lowest BCUT2D eigenvalue weighted by Gasteiger charge is -2.06. The molecule has 4 nitrogen and oxygen atoms in total. The Labute approximate surface area is 112 Å². The molecular weight excluding hydrogens is 240 g/mol. The Kier molecular flexibility index (Phi) is 3.92. The predicted octanol–water partition coefficient (Wildman–Crippen LogP) is 3.07. The molecule has 0 saturated heterocycles. The fourth-order valence-corrected chi connectivity index (χ4v) is 2.06. The summed E-state index contributed by atoms with van der Waals surface area (Å²) in [6.45, 7) is 2.53. The van der Waals surface area contributed by atoms with E-state index in [1.807, 2.05) is 37.3 Å². The first kappa shape index (κ1) is 13.2. The molecule has 0 spiro atoms. The smallest absolute Gasteiger partial charge is 0.277 e. The van der Waals surface area contributed by atoms with Crippen molar-refractivity contribution in [3.8, 4) is 11.1 Å². The van der Waals surface area contributed by atoms with E-state index >= 15 is 0 Å². The van der Waals surface area contributed by atoms with Gasteiger partial charge in [-0.2, -0.15) is 0 Å². The topological polar surface area (TPSA) is 69.2 Å². The summed E-state index contributed by atoms with van der Waals surface area (Å²) in [5.74, 6) is 0. The van der Waals surface area contributed by atoms with Gasteiger partial charge in [-0.25, -0.2) is 0 Å². The van der Waals surface area contributed by atoms with Gasteiger partial charge in [-0.15, -0.1) is 0 Å². The number of nitrogens with zero attached hydrogens (tertiary/aromatic N) is 1. The number of aryl methyl sites for hydroxylation is 1. The molecule has 98 valence electrons. The molecule has 2 aromatic carbocycles. The fourth-order valence-electron chi connectivity index (χ4n) is 2.06. The van der Waals surface area contributed by atoms with Crippen molar-refractivity contribution in [2.45, 2.75) is 13.3 Å². The summed E-state index contributed by atoms with van der Waals surface area (Å²) in [5.41, 5.74) is 9.30. The van der Waals surface area contributed by atoms with E-state index in [0.717, 1.165) is 23.1 Å². The van der Waals surface area contributed by atoms with E-state index in [1.165, 1.54) is 0 Å². The van der Waals surface area contributed by atoms with Crippen molar-refractivity contribution in [1.82, 2.24) is 0 Å². The Morgan fingerprint density at radius 2 is 1.84 bits per heavy atom. The minimum Gasteiger partial charge on any atom is -0.330 e. The molecule has 0 bridgehead atoms. The maximum Gasteiger partial charge on any atom is 0.277 e. The minimum absolute atomic E-state index is 0.136. The van der Waals surface area contributed by atoms with E-state index in [4.69, 9.17) is 5.73 Å². The molecule has 4 heteroatoms. The van der Waals surface area contributed by atoms with Gasteiger partial charge in [0.15, 0.2) is 0 Å². The van der Waals surface area contributed by atoms with Gasteiger partial charge < -0.3 is 5.73 Å². The third kappa shape index (κ3) is 2.98. The standard InChI is InChI=1S/C15H16N2O2/c1-11-2-7-15(17(18)19)14(10-11)13-5-3-12(4-6-13)8-9-16/h2-7,10H,8-9,16H2,1H3. The number of nitro groups is 1. The Hall–Kier alpha value is -2.20. The van der Waals surface area contributed by atoms with Crippen molar-refractivity contribution in [3.05, 3.63) is 63.7 Å². The highest BCUT2D eigenvalue weighted by molar-refractivity contribution is 5.74. The summed E-state index contributed by atoms with van der Waals surface area (Å²) in [4.78, 5) is 10.7. The third-order valence-electron chi connectivity index (χ3n) is 3.05. The van der Waals surface area contributed by atoms with Crippen molar-refractivity contribution in [3.63, 3.8) is 0 Å². The zero-order valence-electron chi connectivity index (χ0n) is 10.8. The van der Waals surface area contributed by atoms with Crippen LogP contribution < -0.4 is 5.73 Å². The molecule has 19 heavy (non-hydrogen) atoms. The first-order chi connectivity index (χ1) is 9.11. The minimum atomic E-state index is -0.345. The van der Waals surface area contributed by atoms with Gasteiger partial charge in [0, 0.05) is 6.07 Å². The van der Waals surface area contributed by atoms with E-state index in [2.05, 4.69) is 0 Å². The lowest BCUT2D eigenvalue weighted by Crippen LogP contribution is -2.02. The first-order valence-corrected chi connectivity index (χ1v) is 6.16. The van der Waals surface area contributed by atoms with Crippen LogP contribution in [0.5, 0.6) is 0 Å².